The zero-order valence-corrected chi connectivity index (χ0v) is 9.82. The van der Waals surface area contributed by atoms with Gasteiger partial charge in [-0.05, 0) is 15.9 Å². The normalized spacial score (nSPS) is 10.4. The summed E-state index contributed by atoms with van der Waals surface area (Å²) in [5.41, 5.74) is 0.0783. The fraction of sp³-hybridized carbons (Fsp3) is 0. The van der Waals surface area contributed by atoms with E-state index in [4.69, 9.17) is 5.11 Å². The zero-order valence-electron chi connectivity index (χ0n) is 6.60. The molecule has 2 heterocycles. The molecule has 0 saturated carbocycles. The third-order valence-corrected chi connectivity index (χ3v) is 3.90. The zero-order chi connectivity index (χ0) is 10.1. The standard InChI is InChI=1S/C7H3BrN2O2S2/c8-7-9-1-4(14-7)5-10-3(2-13-5)6(11)12/h1-2H,(H,11,12). The maximum absolute atomic E-state index is 10.6. The summed E-state index contributed by atoms with van der Waals surface area (Å²) in [6.07, 6.45) is 1.67. The van der Waals surface area contributed by atoms with Gasteiger partial charge < -0.3 is 5.11 Å². The molecule has 0 aliphatic rings. The van der Waals surface area contributed by atoms with E-state index < -0.39 is 5.97 Å². The van der Waals surface area contributed by atoms with E-state index in [1.54, 1.807) is 6.20 Å². The minimum Gasteiger partial charge on any atom is -0.476 e. The summed E-state index contributed by atoms with van der Waals surface area (Å²) in [5, 5.41) is 10.9. The lowest BCUT2D eigenvalue weighted by molar-refractivity contribution is 0.0691. The summed E-state index contributed by atoms with van der Waals surface area (Å²) in [6, 6.07) is 0. The van der Waals surface area contributed by atoms with Gasteiger partial charge in [-0.25, -0.2) is 14.8 Å². The minimum absolute atomic E-state index is 0.0783. The summed E-state index contributed by atoms with van der Waals surface area (Å²) < 4.78 is 0.763. The molecule has 4 nitrogen and oxygen atoms in total. The number of aromatic nitrogens is 2. The molecule has 0 spiro atoms. The molecule has 0 fully saturated rings. The first-order valence-corrected chi connectivity index (χ1v) is 5.96. The number of carboxylic acid groups (broad SMARTS) is 1. The summed E-state index contributed by atoms with van der Waals surface area (Å²) in [7, 11) is 0. The van der Waals surface area contributed by atoms with Gasteiger partial charge in [-0.2, -0.15) is 0 Å². The number of nitrogens with zero attached hydrogens (tertiary/aromatic N) is 2. The Morgan fingerprint density at radius 3 is 2.86 bits per heavy atom. The molecule has 0 radical (unpaired) electrons. The van der Waals surface area contributed by atoms with Crippen LogP contribution in [0, 0.1) is 0 Å². The third-order valence-electron chi connectivity index (χ3n) is 1.41. The Morgan fingerprint density at radius 2 is 2.36 bits per heavy atom. The molecule has 7 heteroatoms. The first kappa shape index (κ1) is 9.75. The fourth-order valence-electron chi connectivity index (χ4n) is 0.837. The first-order valence-electron chi connectivity index (χ1n) is 3.47. The molecule has 0 unspecified atom stereocenters. The molecule has 0 atom stereocenters. The van der Waals surface area contributed by atoms with Crippen LogP contribution in [-0.2, 0) is 0 Å². The van der Waals surface area contributed by atoms with Gasteiger partial charge in [-0.3, -0.25) is 0 Å². The van der Waals surface area contributed by atoms with Crippen molar-refractivity contribution in [3.8, 4) is 9.88 Å². The number of hydrogen-bond donors (Lipinski definition) is 1. The summed E-state index contributed by atoms with van der Waals surface area (Å²) in [5.74, 6) is -1.00. The van der Waals surface area contributed by atoms with Crippen LogP contribution in [0.3, 0.4) is 0 Å². The van der Waals surface area contributed by atoms with Crippen molar-refractivity contribution in [3.05, 3.63) is 21.2 Å². The summed E-state index contributed by atoms with van der Waals surface area (Å²) in [6.45, 7) is 0. The molecule has 1 N–H and O–H groups in total. The predicted molar refractivity (Wildman–Crippen MR) is 57.9 cm³/mol. The Balaban J connectivity index is 2.38. The van der Waals surface area contributed by atoms with Gasteiger partial charge in [0, 0.05) is 11.6 Å². The van der Waals surface area contributed by atoms with Gasteiger partial charge in [0.15, 0.2) is 9.61 Å². The van der Waals surface area contributed by atoms with Crippen LogP contribution in [-0.4, -0.2) is 21.0 Å². The average molecular weight is 291 g/mol. The monoisotopic (exact) mass is 290 g/mol. The highest BCUT2D eigenvalue weighted by Gasteiger charge is 2.11. The van der Waals surface area contributed by atoms with Crippen molar-refractivity contribution < 1.29 is 9.90 Å². The number of halogens is 1. The van der Waals surface area contributed by atoms with Gasteiger partial charge in [0.25, 0.3) is 0 Å². The molecule has 2 rings (SSSR count). The van der Waals surface area contributed by atoms with E-state index >= 15 is 0 Å². The quantitative estimate of drug-likeness (QED) is 0.924. The van der Waals surface area contributed by atoms with Crippen LogP contribution in [0.1, 0.15) is 10.5 Å². The molecule has 72 valence electrons. The first-order chi connectivity index (χ1) is 6.66. The molecule has 0 amide bonds. The molecule has 0 aliphatic heterocycles. The van der Waals surface area contributed by atoms with Crippen molar-refractivity contribution in [2.24, 2.45) is 0 Å². The summed E-state index contributed by atoms with van der Waals surface area (Å²) in [4.78, 5) is 19.4. The smallest absolute Gasteiger partial charge is 0.355 e. The molecular formula is C7H3BrN2O2S2. The third kappa shape index (κ3) is 1.84. The maximum atomic E-state index is 10.6. The van der Waals surface area contributed by atoms with Gasteiger partial charge in [0.05, 0.1) is 4.88 Å². The summed E-state index contributed by atoms with van der Waals surface area (Å²) >= 11 is 5.96. The van der Waals surface area contributed by atoms with E-state index in [-0.39, 0.29) is 5.69 Å². The van der Waals surface area contributed by atoms with Crippen LogP contribution in [0.4, 0.5) is 0 Å². The van der Waals surface area contributed by atoms with Crippen molar-refractivity contribution >= 4 is 44.6 Å². The van der Waals surface area contributed by atoms with Crippen molar-refractivity contribution in [2.75, 3.05) is 0 Å². The van der Waals surface area contributed by atoms with E-state index in [1.165, 1.54) is 28.1 Å². The van der Waals surface area contributed by atoms with Gasteiger partial charge >= 0.3 is 5.97 Å². The molecule has 0 bridgehead atoms. The lowest BCUT2D eigenvalue weighted by atomic mass is 10.5. The number of carboxylic acids is 1. The predicted octanol–water partition coefficient (Wildman–Crippen LogP) is 2.73. The number of thiazole rings is 2. The second kappa shape index (κ2) is 3.76. The van der Waals surface area contributed by atoms with Crippen molar-refractivity contribution in [3.63, 3.8) is 0 Å². The van der Waals surface area contributed by atoms with Crippen LogP contribution >= 0.6 is 38.6 Å². The highest BCUT2D eigenvalue weighted by Crippen LogP contribution is 2.30. The Bertz CT molecular complexity index is 479. The van der Waals surface area contributed by atoms with Gasteiger partial charge in [-0.15, -0.1) is 22.7 Å². The number of aromatic carboxylic acids is 1. The van der Waals surface area contributed by atoms with E-state index in [0.717, 1.165) is 8.79 Å². The number of carbonyl (C=O) groups is 1. The topological polar surface area (TPSA) is 63.1 Å². The molecular weight excluding hydrogens is 288 g/mol. The SMILES string of the molecule is O=C(O)c1csc(-c2cnc(Br)s2)n1. The maximum Gasteiger partial charge on any atom is 0.355 e. The lowest BCUT2D eigenvalue weighted by Crippen LogP contribution is -1.95. The van der Waals surface area contributed by atoms with E-state index in [2.05, 4.69) is 25.9 Å². The highest BCUT2D eigenvalue weighted by atomic mass is 79.9. The van der Waals surface area contributed by atoms with Crippen LogP contribution < -0.4 is 0 Å². The van der Waals surface area contributed by atoms with Gasteiger partial charge in [0.2, 0.25) is 0 Å². The Hall–Kier alpha value is -0.790. The second-order valence-corrected chi connectivity index (χ2v) is 5.49. The Labute approximate surface area is 95.4 Å². The Kier molecular flexibility index (Phi) is 2.62. The van der Waals surface area contributed by atoms with Crippen LogP contribution in [0.2, 0.25) is 0 Å². The molecule has 0 aromatic carbocycles. The Morgan fingerprint density at radius 1 is 1.57 bits per heavy atom. The molecule has 0 saturated heterocycles. The molecule has 2 aromatic rings. The number of hydrogen-bond acceptors (Lipinski definition) is 5. The second-order valence-electron chi connectivity index (χ2n) is 2.32. The molecule has 2 aromatic heterocycles. The van der Waals surface area contributed by atoms with Crippen LogP contribution in [0.25, 0.3) is 9.88 Å². The fourth-order valence-corrected chi connectivity index (χ4v) is 2.95. The van der Waals surface area contributed by atoms with Gasteiger partial charge in [0.1, 0.15) is 5.01 Å². The van der Waals surface area contributed by atoms with Crippen LogP contribution in [0.5, 0.6) is 0 Å². The van der Waals surface area contributed by atoms with Crippen LogP contribution in [0.15, 0.2) is 15.5 Å². The minimum atomic E-state index is -1.00. The van der Waals surface area contributed by atoms with Crippen molar-refractivity contribution in [1.82, 2.24) is 9.97 Å². The largest absolute Gasteiger partial charge is 0.476 e. The lowest BCUT2D eigenvalue weighted by Gasteiger charge is -1.85. The van der Waals surface area contributed by atoms with E-state index in [0.29, 0.717) is 5.01 Å². The molecule has 0 aliphatic carbocycles. The van der Waals surface area contributed by atoms with E-state index in [9.17, 15) is 4.79 Å². The van der Waals surface area contributed by atoms with Crippen molar-refractivity contribution in [2.45, 2.75) is 0 Å². The highest BCUT2D eigenvalue weighted by molar-refractivity contribution is 9.11. The average Bonchev–Trinajstić information content (AvgIpc) is 2.70. The van der Waals surface area contributed by atoms with Gasteiger partial charge in [-0.1, -0.05) is 0 Å². The van der Waals surface area contributed by atoms with E-state index in [1.807, 2.05) is 0 Å². The molecule has 14 heavy (non-hydrogen) atoms. The number of rotatable bonds is 2. The van der Waals surface area contributed by atoms with Crippen molar-refractivity contribution in [1.29, 1.82) is 0 Å².